The van der Waals surface area contributed by atoms with Crippen molar-refractivity contribution in [3.05, 3.63) is 52.4 Å². The largest absolute Gasteiger partial charge is 0.478 e. The fraction of sp³-hybridized carbons (Fsp3) is 0. The van der Waals surface area contributed by atoms with Crippen molar-refractivity contribution in [1.82, 2.24) is 0 Å². The number of amides is 1. The first-order chi connectivity index (χ1) is 8.56. The number of hydrogen-bond donors (Lipinski definition) is 2. The Kier molecular flexibility index (Phi) is 3.47. The quantitative estimate of drug-likeness (QED) is 0.913. The Morgan fingerprint density at radius 3 is 2.44 bits per heavy atom. The molecule has 0 atom stereocenters. The Morgan fingerprint density at radius 2 is 1.89 bits per heavy atom. The Hall–Kier alpha value is -2.08. The maximum atomic E-state index is 11.7. The Balaban J connectivity index is 2.11. The van der Waals surface area contributed by atoms with Gasteiger partial charge in [-0.3, -0.25) is 4.79 Å². The van der Waals surface area contributed by atoms with Crippen molar-refractivity contribution in [2.75, 3.05) is 5.32 Å². The molecule has 2 N–H and O–H groups in total. The summed E-state index contributed by atoms with van der Waals surface area (Å²) in [6, 6.07) is 8.16. The van der Waals surface area contributed by atoms with Gasteiger partial charge < -0.3 is 14.8 Å². The van der Waals surface area contributed by atoms with Gasteiger partial charge in [-0.15, -0.1) is 0 Å². The van der Waals surface area contributed by atoms with E-state index in [1.165, 1.54) is 6.07 Å². The SMILES string of the molecule is O=C(O)c1coc(C(=O)Nc2ccc(Br)cc2)c1. The van der Waals surface area contributed by atoms with Crippen LogP contribution >= 0.6 is 15.9 Å². The summed E-state index contributed by atoms with van der Waals surface area (Å²) in [5.41, 5.74) is 0.535. The lowest BCUT2D eigenvalue weighted by atomic mass is 10.3. The lowest BCUT2D eigenvalue weighted by Crippen LogP contribution is -2.10. The topological polar surface area (TPSA) is 79.5 Å². The van der Waals surface area contributed by atoms with Crippen LogP contribution in [0.2, 0.25) is 0 Å². The van der Waals surface area contributed by atoms with Crippen LogP contribution in [0.25, 0.3) is 0 Å². The molecule has 2 rings (SSSR count). The van der Waals surface area contributed by atoms with E-state index in [1.54, 1.807) is 24.3 Å². The molecule has 0 bridgehead atoms. The standard InChI is InChI=1S/C12H8BrNO4/c13-8-1-3-9(4-2-8)14-11(15)10-5-7(6-18-10)12(16)17/h1-6H,(H,14,15)(H,16,17). The fourth-order valence-corrected chi connectivity index (χ4v) is 1.56. The summed E-state index contributed by atoms with van der Waals surface area (Å²) in [7, 11) is 0. The third kappa shape index (κ3) is 2.78. The van der Waals surface area contributed by atoms with E-state index in [0.717, 1.165) is 10.7 Å². The number of carbonyl (C=O) groups is 2. The van der Waals surface area contributed by atoms with Gasteiger partial charge in [0.25, 0.3) is 5.91 Å². The smallest absolute Gasteiger partial charge is 0.338 e. The monoisotopic (exact) mass is 309 g/mol. The molecular formula is C12H8BrNO4. The summed E-state index contributed by atoms with van der Waals surface area (Å²) in [4.78, 5) is 22.4. The maximum absolute atomic E-state index is 11.7. The van der Waals surface area contributed by atoms with E-state index in [-0.39, 0.29) is 11.3 Å². The predicted molar refractivity (Wildman–Crippen MR) is 67.8 cm³/mol. The van der Waals surface area contributed by atoms with Gasteiger partial charge in [-0.25, -0.2) is 4.79 Å². The highest BCUT2D eigenvalue weighted by Crippen LogP contribution is 2.16. The minimum absolute atomic E-state index is 0.0460. The number of aromatic carboxylic acids is 1. The first-order valence-corrected chi connectivity index (χ1v) is 5.74. The zero-order chi connectivity index (χ0) is 13.1. The molecule has 5 nitrogen and oxygen atoms in total. The number of carbonyl (C=O) groups excluding carboxylic acids is 1. The number of carboxylic acid groups (broad SMARTS) is 1. The molecule has 0 aliphatic carbocycles. The molecule has 0 saturated carbocycles. The molecule has 1 aromatic carbocycles. The predicted octanol–water partition coefficient (Wildman–Crippen LogP) is 2.99. The van der Waals surface area contributed by atoms with Crippen LogP contribution in [0.3, 0.4) is 0 Å². The summed E-state index contributed by atoms with van der Waals surface area (Å²) in [5.74, 6) is -1.68. The van der Waals surface area contributed by atoms with Gasteiger partial charge in [0.15, 0.2) is 5.76 Å². The molecule has 0 unspecified atom stereocenters. The Labute approximate surface area is 111 Å². The highest BCUT2D eigenvalue weighted by Gasteiger charge is 2.14. The lowest BCUT2D eigenvalue weighted by molar-refractivity contribution is 0.0696. The molecule has 0 fully saturated rings. The zero-order valence-corrected chi connectivity index (χ0v) is 10.6. The van der Waals surface area contributed by atoms with Gasteiger partial charge in [0.1, 0.15) is 6.26 Å². The number of carboxylic acids is 1. The Morgan fingerprint density at radius 1 is 1.22 bits per heavy atom. The van der Waals surface area contributed by atoms with Crippen molar-refractivity contribution in [2.45, 2.75) is 0 Å². The maximum Gasteiger partial charge on any atom is 0.338 e. The number of hydrogen-bond acceptors (Lipinski definition) is 3. The summed E-state index contributed by atoms with van der Waals surface area (Å²) >= 11 is 3.28. The fourth-order valence-electron chi connectivity index (χ4n) is 1.29. The van der Waals surface area contributed by atoms with E-state index in [9.17, 15) is 9.59 Å². The van der Waals surface area contributed by atoms with Crippen LogP contribution in [-0.2, 0) is 0 Å². The number of nitrogens with one attached hydrogen (secondary N) is 1. The normalized spacial score (nSPS) is 10.1. The molecule has 1 heterocycles. The van der Waals surface area contributed by atoms with Crippen LogP contribution in [0.4, 0.5) is 5.69 Å². The first kappa shape index (κ1) is 12.4. The average molecular weight is 310 g/mol. The molecule has 0 spiro atoms. The molecule has 0 aliphatic heterocycles. The van der Waals surface area contributed by atoms with E-state index in [2.05, 4.69) is 21.2 Å². The summed E-state index contributed by atoms with van der Waals surface area (Å²) in [6.45, 7) is 0. The zero-order valence-electron chi connectivity index (χ0n) is 9.01. The van der Waals surface area contributed by atoms with Gasteiger partial charge in [0.2, 0.25) is 0 Å². The summed E-state index contributed by atoms with van der Waals surface area (Å²) in [5, 5.41) is 11.3. The summed E-state index contributed by atoms with van der Waals surface area (Å²) < 4.78 is 5.78. The number of anilines is 1. The molecule has 1 amide bonds. The molecule has 2 aromatic rings. The first-order valence-electron chi connectivity index (χ1n) is 4.95. The van der Waals surface area contributed by atoms with Gasteiger partial charge in [0.05, 0.1) is 5.56 Å². The highest BCUT2D eigenvalue weighted by atomic mass is 79.9. The van der Waals surface area contributed by atoms with Crippen LogP contribution in [0.1, 0.15) is 20.9 Å². The van der Waals surface area contributed by atoms with Crippen LogP contribution < -0.4 is 5.32 Å². The second-order valence-electron chi connectivity index (χ2n) is 3.47. The molecule has 6 heteroatoms. The third-order valence-corrected chi connectivity index (χ3v) is 2.70. The number of benzene rings is 1. The molecule has 1 aromatic heterocycles. The van der Waals surface area contributed by atoms with Gasteiger partial charge >= 0.3 is 5.97 Å². The minimum Gasteiger partial charge on any atom is -0.478 e. The van der Waals surface area contributed by atoms with Gasteiger partial charge in [-0.05, 0) is 24.3 Å². The van der Waals surface area contributed by atoms with E-state index in [1.807, 2.05) is 0 Å². The van der Waals surface area contributed by atoms with E-state index in [4.69, 9.17) is 9.52 Å². The highest BCUT2D eigenvalue weighted by molar-refractivity contribution is 9.10. The van der Waals surface area contributed by atoms with Crippen molar-refractivity contribution >= 4 is 33.5 Å². The molecule has 18 heavy (non-hydrogen) atoms. The van der Waals surface area contributed by atoms with Gasteiger partial charge in [-0.2, -0.15) is 0 Å². The van der Waals surface area contributed by atoms with Crippen LogP contribution in [0.15, 0.2) is 45.5 Å². The van der Waals surface area contributed by atoms with Gasteiger partial charge in [-0.1, -0.05) is 15.9 Å². The molecular weight excluding hydrogens is 302 g/mol. The summed E-state index contributed by atoms with van der Waals surface area (Å²) in [6.07, 6.45) is 1.03. The second-order valence-corrected chi connectivity index (χ2v) is 4.38. The second kappa shape index (κ2) is 5.05. The van der Waals surface area contributed by atoms with Gasteiger partial charge in [0, 0.05) is 16.2 Å². The molecule has 0 aliphatic rings. The minimum atomic E-state index is -1.14. The van der Waals surface area contributed by atoms with Crippen molar-refractivity contribution in [3.63, 3.8) is 0 Å². The van der Waals surface area contributed by atoms with Crippen molar-refractivity contribution in [2.24, 2.45) is 0 Å². The van der Waals surface area contributed by atoms with Crippen LogP contribution in [0.5, 0.6) is 0 Å². The van der Waals surface area contributed by atoms with Crippen molar-refractivity contribution < 1.29 is 19.1 Å². The molecule has 92 valence electrons. The van der Waals surface area contributed by atoms with E-state index >= 15 is 0 Å². The Bertz CT molecular complexity index is 588. The number of rotatable bonds is 3. The van der Waals surface area contributed by atoms with Crippen LogP contribution in [-0.4, -0.2) is 17.0 Å². The van der Waals surface area contributed by atoms with Crippen LogP contribution in [0, 0.1) is 0 Å². The van der Waals surface area contributed by atoms with E-state index < -0.39 is 11.9 Å². The molecule has 0 saturated heterocycles. The molecule has 0 radical (unpaired) electrons. The van der Waals surface area contributed by atoms with E-state index in [0.29, 0.717) is 5.69 Å². The lowest BCUT2D eigenvalue weighted by Gasteiger charge is -2.02. The van der Waals surface area contributed by atoms with Crippen molar-refractivity contribution in [1.29, 1.82) is 0 Å². The van der Waals surface area contributed by atoms with Crippen molar-refractivity contribution in [3.8, 4) is 0 Å². The number of halogens is 1. The third-order valence-electron chi connectivity index (χ3n) is 2.17. The number of furan rings is 1. The average Bonchev–Trinajstić information content (AvgIpc) is 2.81.